The average Bonchev–Trinajstić information content (AvgIpc) is 3.21. The van der Waals surface area contributed by atoms with Crippen LogP contribution < -0.4 is 5.32 Å². The molecule has 0 fully saturated rings. The SMILES string of the molecule is OCC(Cc1c[nH]c2ccccc12)Nc1ccc2nnnn2n1. The summed E-state index contributed by atoms with van der Waals surface area (Å²) in [5.41, 5.74) is 2.82. The summed E-state index contributed by atoms with van der Waals surface area (Å²) in [6, 6.07) is 11.5. The van der Waals surface area contributed by atoms with Gasteiger partial charge in [-0.05, 0) is 40.6 Å². The Morgan fingerprint density at radius 2 is 2.13 bits per heavy atom. The van der Waals surface area contributed by atoms with Gasteiger partial charge in [-0.25, -0.2) is 0 Å². The van der Waals surface area contributed by atoms with Crippen LogP contribution in [0.5, 0.6) is 0 Å². The van der Waals surface area contributed by atoms with E-state index in [9.17, 15) is 5.11 Å². The number of nitrogens with one attached hydrogen (secondary N) is 2. The molecule has 116 valence electrons. The molecule has 0 saturated carbocycles. The number of para-hydroxylation sites is 1. The minimum atomic E-state index is -0.157. The quantitative estimate of drug-likeness (QED) is 0.508. The van der Waals surface area contributed by atoms with Gasteiger partial charge in [-0.3, -0.25) is 0 Å². The van der Waals surface area contributed by atoms with Gasteiger partial charge in [0.1, 0.15) is 5.82 Å². The van der Waals surface area contributed by atoms with Crippen molar-refractivity contribution in [1.82, 2.24) is 30.2 Å². The molecule has 4 aromatic rings. The van der Waals surface area contributed by atoms with Crippen LogP contribution in [0.15, 0.2) is 42.6 Å². The molecule has 0 aliphatic carbocycles. The number of nitrogens with zero attached hydrogens (tertiary/aromatic N) is 5. The van der Waals surface area contributed by atoms with Crippen molar-refractivity contribution in [1.29, 1.82) is 0 Å². The molecule has 23 heavy (non-hydrogen) atoms. The number of aromatic nitrogens is 6. The van der Waals surface area contributed by atoms with E-state index in [1.54, 1.807) is 12.1 Å². The van der Waals surface area contributed by atoms with Gasteiger partial charge in [0.05, 0.1) is 12.6 Å². The second-order valence-electron chi connectivity index (χ2n) is 5.33. The Kier molecular flexibility index (Phi) is 3.35. The van der Waals surface area contributed by atoms with Gasteiger partial charge in [0, 0.05) is 17.1 Å². The Bertz CT molecular complexity index is 945. The summed E-state index contributed by atoms with van der Waals surface area (Å²) in [6.07, 6.45) is 2.66. The highest BCUT2D eigenvalue weighted by Crippen LogP contribution is 2.20. The van der Waals surface area contributed by atoms with Gasteiger partial charge in [0.15, 0.2) is 5.65 Å². The van der Waals surface area contributed by atoms with Crippen molar-refractivity contribution >= 4 is 22.4 Å². The maximum Gasteiger partial charge on any atom is 0.200 e. The van der Waals surface area contributed by atoms with Crippen LogP contribution in [0.25, 0.3) is 16.6 Å². The minimum absolute atomic E-state index is 0.00513. The van der Waals surface area contributed by atoms with Crippen molar-refractivity contribution in [2.75, 3.05) is 11.9 Å². The monoisotopic (exact) mass is 309 g/mol. The second-order valence-corrected chi connectivity index (χ2v) is 5.33. The molecule has 0 radical (unpaired) electrons. The number of aliphatic hydroxyl groups is 1. The summed E-state index contributed by atoms with van der Waals surface area (Å²) >= 11 is 0. The van der Waals surface area contributed by atoms with E-state index in [0.29, 0.717) is 17.9 Å². The highest BCUT2D eigenvalue weighted by atomic mass is 16.3. The van der Waals surface area contributed by atoms with E-state index >= 15 is 0 Å². The molecule has 0 bridgehead atoms. The van der Waals surface area contributed by atoms with Crippen molar-refractivity contribution in [3.05, 3.63) is 48.2 Å². The first-order valence-corrected chi connectivity index (χ1v) is 7.31. The fraction of sp³-hybridized carbons (Fsp3) is 0.200. The third-order valence-electron chi connectivity index (χ3n) is 3.78. The zero-order valence-corrected chi connectivity index (χ0v) is 12.2. The molecule has 1 aromatic carbocycles. The Balaban J connectivity index is 1.56. The smallest absolute Gasteiger partial charge is 0.200 e. The second kappa shape index (κ2) is 5.65. The first kappa shape index (κ1) is 13.6. The highest BCUT2D eigenvalue weighted by Gasteiger charge is 2.13. The van der Waals surface area contributed by atoms with Gasteiger partial charge in [0.2, 0.25) is 0 Å². The lowest BCUT2D eigenvalue weighted by molar-refractivity contribution is 0.273. The standard InChI is InChI=1S/C15H15N7O/c23-9-11(7-10-8-16-13-4-2-1-3-12(10)13)17-14-5-6-15-18-20-21-22(15)19-14/h1-6,8,11,16,23H,7,9H2,(H,17,19). The van der Waals surface area contributed by atoms with Crippen LogP contribution in [0.4, 0.5) is 5.82 Å². The normalized spacial score (nSPS) is 12.7. The number of H-pyrrole nitrogens is 1. The molecule has 0 saturated heterocycles. The van der Waals surface area contributed by atoms with Crippen LogP contribution >= 0.6 is 0 Å². The average molecular weight is 309 g/mol. The molecule has 0 amide bonds. The molecule has 3 aromatic heterocycles. The molecule has 8 heteroatoms. The zero-order chi connectivity index (χ0) is 15.6. The van der Waals surface area contributed by atoms with Crippen molar-refractivity contribution < 1.29 is 5.11 Å². The zero-order valence-electron chi connectivity index (χ0n) is 12.2. The van der Waals surface area contributed by atoms with Gasteiger partial charge < -0.3 is 15.4 Å². The third-order valence-corrected chi connectivity index (χ3v) is 3.78. The molecule has 3 N–H and O–H groups in total. The maximum atomic E-state index is 9.68. The van der Waals surface area contributed by atoms with Crippen LogP contribution in [0.1, 0.15) is 5.56 Å². The van der Waals surface area contributed by atoms with Crippen LogP contribution in [0, 0.1) is 0 Å². The number of rotatable bonds is 5. The molecule has 8 nitrogen and oxygen atoms in total. The Hall–Kier alpha value is -3.00. The minimum Gasteiger partial charge on any atom is -0.394 e. The summed E-state index contributed by atoms with van der Waals surface area (Å²) in [7, 11) is 0. The first-order valence-electron chi connectivity index (χ1n) is 7.31. The van der Waals surface area contributed by atoms with Gasteiger partial charge in [-0.15, -0.1) is 14.8 Å². The maximum absolute atomic E-state index is 9.68. The number of anilines is 1. The van der Waals surface area contributed by atoms with E-state index in [2.05, 4.69) is 37.0 Å². The fourth-order valence-electron chi connectivity index (χ4n) is 2.66. The summed E-state index contributed by atoms with van der Waals surface area (Å²) in [6.45, 7) is -0.00513. The van der Waals surface area contributed by atoms with Gasteiger partial charge >= 0.3 is 0 Å². The number of aromatic amines is 1. The molecular formula is C15H15N7O. The highest BCUT2D eigenvalue weighted by molar-refractivity contribution is 5.83. The topological polar surface area (TPSA) is 104 Å². The van der Waals surface area contributed by atoms with Gasteiger partial charge in [0.25, 0.3) is 0 Å². The lowest BCUT2D eigenvalue weighted by Gasteiger charge is -2.16. The van der Waals surface area contributed by atoms with Crippen LogP contribution in [-0.4, -0.2) is 48.0 Å². The number of aliphatic hydroxyl groups excluding tert-OH is 1. The summed E-state index contributed by atoms with van der Waals surface area (Å²) in [4.78, 5) is 3.25. The first-order chi connectivity index (χ1) is 11.3. The number of hydrogen-bond acceptors (Lipinski definition) is 6. The molecular weight excluding hydrogens is 294 g/mol. The van der Waals surface area contributed by atoms with Crippen molar-refractivity contribution in [3.8, 4) is 0 Å². The molecule has 0 aliphatic heterocycles. The van der Waals surface area contributed by atoms with Gasteiger partial charge in [-0.2, -0.15) is 0 Å². The molecule has 1 unspecified atom stereocenters. The van der Waals surface area contributed by atoms with Crippen LogP contribution in [0.3, 0.4) is 0 Å². The van der Waals surface area contributed by atoms with E-state index in [1.807, 2.05) is 24.4 Å². The number of hydrogen-bond donors (Lipinski definition) is 3. The molecule has 4 rings (SSSR count). The third kappa shape index (κ3) is 2.59. The van der Waals surface area contributed by atoms with Crippen LogP contribution in [0.2, 0.25) is 0 Å². The largest absolute Gasteiger partial charge is 0.394 e. The van der Waals surface area contributed by atoms with Crippen molar-refractivity contribution in [3.63, 3.8) is 0 Å². The fourth-order valence-corrected chi connectivity index (χ4v) is 2.66. The predicted molar refractivity (Wildman–Crippen MR) is 85.1 cm³/mol. The van der Waals surface area contributed by atoms with Crippen molar-refractivity contribution in [2.24, 2.45) is 0 Å². The van der Waals surface area contributed by atoms with E-state index in [4.69, 9.17) is 0 Å². The molecule has 0 spiro atoms. The van der Waals surface area contributed by atoms with E-state index in [-0.39, 0.29) is 12.6 Å². The Morgan fingerprint density at radius 1 is 1.22 bits per heavy atom. The van der Waals surface area contributed by atoms with Gasteiger partial charge in [-0.1, -0.05) is 18.2 Å². The van der Waals surface area contributed by atoms with E-state index in [0.717, 1.165) is 16.5 Å². The number of fused-ring (bicyclic) bond motifs is 2. The lowest BCUT2D eigenvalue weighted by Crippen LogP contribution is -2.27. The number of tetrazole rings is 1. The number of benzene rings is 1. The van der Waals surface area contributed by atoms with Crippen LogP contribution in [-0.2, 0) is 6.42 Å². The summed E-state index contributed by atoms with van der Waals surface area (Å²) in [5, 5.41) is 29.5. The molecule has 1 atom stereocenters. The predicted octanol–water partition coefficient (Wildman–Crippen LogP) is 1.02. The summed E-state index contributed by atoms with van der Waals surface area (Å²) < 4.78 is 1.35. The Labute approximate surface area is 131 Å². The summed E-state index contributed by atoms with van der Waals surface area (Å²) in [5.74, 6) is 0.615. The molecule has 3 heterocycles. The molecule has 0 aliphatic rings. The Morgan fingerprint density at radius 3 is 3.04 bits per heavy atom. The van der Waals surface area contributed by atoms with E-state index in [1.165, 1.54) is 4.63 Å². The van der Waals surface area contributed by atoms with Crippen molar-refractivity contribution in [2.45, 2.75) is 12.5 Å². The van der Waals surface area contributed by atoms with E-state index < -0.39 is 0 Å². The lowest BCUT2D eigenvalue weighted by atomic mass is 10.1.